The summed E-state index contributed by atoms with van der Waals surface area (Å²) in [7, 11) is 0. The van der Waals surface area contributed by atoms with Crippen LogP contribution in [0.1, 0.15) is 29.2 Å². The highest BCUT2D eigenvalue weighted by Gasteiger charge is 2.13. The van der Waals surface area contributed by atoms with Gasteiger partial charge in [-0.25, -0.2) is 22.0 Å². The highest BCUT2D eigenvalue weighted by Crippen LogP contribution is 2.24. The molecule has 0 aliphatic heterocycles. The lowest BCUT2D eigenvalue weighted by molar-refractivity contribution is 0.356. The molecule has 0 N–H and O–H groups in total. The Morgan fingerprint density at radius 3 is 2.25 bits per heavy atom. The fraction of sp³-hybridized carbons (Fsp3) is 0.133. The number of rotatable bonds is 6. The van der Waals surface area contributed by atoms with Crippen LogP contribution in [0.2, 0.25) is 0 Å². The Kier molecular flexibility index (Phi) is 7.70. The van der Waals surface area contributed by atoms with Gasteiger partial charge in [-0.2, -0.15) is 0 Å². The molecule has 4 aromatic rings. The van der Waals surface area contributed by atoms with E-state index in [0.717, 1.165) is 18.2 Å². The highest BCUT2D eigenvalue weighted by molar-refractivity contribution is 5.84. The predicted octanol–water partition coefficient (Wildman–Crippen LogP) is 7.68. The van der Waals surface area contributed by atoms with Gasteiger partial charge in [0, 0.05) is 28.6 Å². The molecular weight excluding hydrogens is 471 g/mol. The van der Waals surface area contributed by atoms with Crippen LogP contribution in [0.5, 0.6) is 5.75 Å². The van der Waals surface area contributed by atoms with Gasteiger partial charge in [-0.3, -0.25) is 0 Å². The fourth-order valence-corrected chi connectivity index (χ4v) is 3.71. The van der Waals surface area contributed by atoms with E-state index in [4.69, 9.17) is 4.74 Å². The summed E-state index contributed by atoms with van der Waals surface area (Å²) in [5.74, 6) is 1.80. The van der Waals surface area contributed by atoms with Crippen LogP contribution in [0.15, 0.2) is 72.8 Å². The molecule has 0 saturated carbocycles. The second-order valence-electron chi connectivity index (χ2n) is 8.11. The van der Waals surface area contributed by atoms with E-state index in [9.17, 15) is 22.0 Å². The second kappa shape index (κ2) is 11.1. The molecule has 0 radical (unpaired) electrons. The van der Waals surface area contributed by atoms with Gasteiger partial charge in [-0.05, 0) is 61.0 Å². The van der Waals surface area contributed by atoms with Crippen molar-refractivity contribution in [3.8, 4) is 17.6 Å². The third-order valence-corrected chi connectivity index (χ3v) is 5.64. The summed E-state index contributed by atoms with van der Waals surface area (Å²) in [5, 5.41) is 0.619. The molecule has 0 unspecified atom stereocenters. The molecule has 0 aliphatic rings. The molecule has 6 heteroatoms. The molecule has 0 heterocycles. The summed E-state index contributed by atoms with van der Waals surface area (Å²) in [4.78, 5) is 0. The Hall–Kier alpha value is -4.11. The molecule has 0 bridgehead atoms. The van der Waals surface area contributed by atoms with E-state index < -0.39 is 29.1 Å². The van der Waals surface area contributed by atoms with Crippen LogP contribution < -0.4 is 4.74 Å². The van der Waals surface area contributed by atoms with Gasteiger partial charge in [0.15, 0.2) is 11.6 Å². The number of aryl methyl sites for hydroxylation is 1. The van der Waals surface area contributed by atoms with Crippen molar-refractivity contribution in [2.45, 2.75) is 19.8 Å². The monoisotopic (exact) mass is 492 g/mol. The average molecular weight is 492 g/mol. The molecule has 1 nitrogen and oxygen atoms in total. The van der Waals surface area contributed by atoms with Crippen molar-refractivity contribution >= 4 is 10.8 Å². The lowest BCUT2D eigenvalue weighted by Crippen LogP contribution is -2.02. The van der Waals surface area contributed by atoms with Crippen molar-refractivity contribution in [3.63, 3.8) is 0 Å². The zero-order valence-electron chi connectivity index (χ0n) is 19.3. The first kappa shape index (κ1) is 25.0. The minimum Gasteiger partial charge on any atom is -0.489 e. The van der Waals surface area contributed by atoms with Gasteiger partial charge < -0.3 is 4.74 Å². The van der Waals surface area contributed by atoms with Gasteiger partial charge >= 0.3 is 0 Å². The van der Waals surface area contributed by atoms with Crippen molar-refractivity contribution in [3.05, 3.63) is 124 Å². The maximum atomic E-state index is 14.6. The van der Waals surface area contributed by atoms with Crippen molar-refractivity contribution in [2.75, 3.05) is 6.61 Å². The number of hydrogen-bond acceptors (Lipinski definition) is 1. The third kappa shape index (κ3) is 5.75. The number of benzene rings is 4. The number of fused-ring (bicyclic) bond motifs is 1. The first-order chi connectivity index (χ1) is 17.4. The zero-order chi connectivity index (χ0) is 25.7. The Morgan fingerprint density at radius 1 is 0.750 bits per heavy atom. The molecule has 0 aliphatic carbocycles. The fourth-order valence-electron chi connectivity index (χ4n) is 3.71. The maximum Gasteiger partial charge on any atom is 0.166 e. The van der Waals surface area contributed by atoms with Gasteiger partial charge in [-0.1, -0.05) is 42.2 Å². The normalized spacial score (nSPS) is 11.1. The summed E-state index contributed by atoms with van der Waals surface area (Å²) >= 11 is 0. The Bertz CT molecular complexity index is 1490. The molecule has 0 aromatic heterocycles. The van der Waals surface area contributed by atoms with E-state index in [1.165, 1.54) is 30.3 Å². The van der Waals surface area contributed by atoms with Crippen molar-refractivity contribution in [1.82, 2.24) is 0 Å². The Balaban J connectivity index is 1.46. The standard InChI is InChI=1S/C30H21F5O/c1-2-3-14-36-23-17-28(33)25(29(34)18-23)12-7-20-5-9-21(27(32)16-20)8-4-19-6-11-24-22(15-19)10-13-26(31)30(24)35/h2-3,5-6,9-11,13,15-18H,7,12,14H2,1H3/b3-2+. The van der Waals surface area contributed by atoms with E-state index in [-0.39, 0.29) is 41.7 Å². The number of halogens is 5. The quantitative estimate of drug-likeness (QED) is 0.152. The lowest BCUT2D eigenvalue weighted by atomic mass is 10.0. The first-order valence-electron chi connectivity index (χ1n) is 11.3. The zero-order valence-corrected chi connectivity index (χ0v) is 19.3. The molecule has 4 rings (SSSR count). The predicted molar refractivity (Wildman–Crippen MR) is 130 cm³/mol. The van der Waals surface area contributed by atoms with Crippen LogP contribution in [0.4, 0.5) is 22.0 Å². The summed E-state index contributed by atoms with van der Waals surface area (Å²) in [6.07, 6.45) is 3.76. The third-order valence-electron chi connectivity index (χ3n) is 5.64. The summed E-state index contributed by atoms with van der Waals surface area (Å²) < 4.78 is 75.9. The molecule has 0 fully saturated rings. The number of hydrogen-bond donors (Lipinski definition) is 0. The number of allylic oxidation sites excluding steroid dienone is 1. The van der Waals surface area contributed by atoms with Crippen LogP contribution in [-0.4, -0.2) is 6.61 Å². The van der Waals surface area contributed by atoms with Gasteiger partial charge in [0.25, 0.3) is 0 Å². The molecule has 4 aromatic carbocycles. The summed E-state index contributed by atoms with van der Waals surface area (Å²) in [5.41, 5.74) is 1.13. The topological polar surface area (TPSA) is 9.23 Å². The Labute approximate surface area is 205 Å². The van der Waals surface area contributed by atoms with Crippen LogP contribution in [0.3, 0.4) is 0 Å². The van der Waals surface area contributed by atoms with E-state index in [1.807, 2.05) is 6.92 Å². The van der Waals surface area contributed by atoms with E-state index in [1.54, 1.807) is 24.3 Å². The van der Waals surface area contributed by atoms with E-state index >= 15 is 0 Å². The van der Waals surface area contributed by atoms with Crippen LogP contribution in [-0.2, 0) is 12.8 Å². The van der Waals surface area contributed by atoms with Crippen molar-refractivity contribution in [2.24, 2.45) is 0 Å². The average Bonchev–Trinajstić information content (AvgIpc) is 2.85. The van der Waals surface area contributed by atoms with E-state index in [2.05, 4.69) is 11.8 Å². The van der Waals surface area contributed by atoms with Gasteiger partial charge in [0.1, 0.15) is 29.8 Å². The minimum atomic E-state index is -0.930. The molecule has 0 saturated heterocycles. The minimum absolute atomic E-state index is 0.0471. The first-order valence-corrected chi connectivity index (χ1v) is 11.3. The SMILES string of the molecule is C/C=C/COc1cc(F)c(CCc2ccc(C#Cc3ccc4c(F)c(F)ccc4c3)c(F)c2)c(F)c1. The summed E-state index contributed by atoms with van der Waals surface area (Å²) in [6, 6.07) is 13.7. The van der Waals surface area contributed by atoms with Crippen molar-refractivity contribution in [1.29, 1.82) is 0 Å². The largest absolute Gasteiger partial charge is 0.489 e. The lowest BCUT2D eigenvalue weighted by Gasteiger charge is -2.09. The molecule has 182 valence electrons. The second-order valence-corrected chi connectivity index (χ2v) is 8.11. The summed E-state index contributed by atoms with van der Waals surface area (Å²) in [6.45, 7) is 2.02. The molecule has 0 atom stereocenters. The van der Waals surface area contributed by atoms with Gasteiger partial charge in [-0.15, -0.1) is 0 Å². The van der Waals surface area contributed by atoms with Crippen LogP contribution >= 0.6 is 0 Å². The van der Waals surface area contributed by atoms with Crippen molar-refractivity contribution < 1.29 is 26.7 Å². The van der Waals surface area contributed by atoms with Gasteiger partial charge in [0.05, 0.1) is 5.56 Å². The Morgan fingerprint density at radius 2 is 1.53 bits per heavy atom. The molecule has 36 heavy (non-hydrogen) atoms. The number of ether oxygens (including phenoxy) is 1. The molecule has 0 amide bonds. The van der Waals surface area contributed by atoms with Gasteiger partial charge in [0.2, 0.25) is 0 Å². The highest BCUT2D eigenvalue weighted by atomic mass is 19.2. The smallest absolute Gasteiger partial charge is 0.166 e. The van der Waals surface area contributed by atoms with Crippen LogP contribution in [0.25, 0.3) is 10.8 Å². The molecular formula is C30H21F5O. The van der Waals surface area contributed by atoms with Crippen LogP contribution in [0, 0.1) is 40.9 Å². The van der Waals surface area contributed by atoms with E-state index in [0.29, 0.717) is 16.5 Å². The maximum absolute atomic E-state index is 14.6. The molecule has 0 spiro atoms.